The maximum absolute atomic E-state index is 13.8. The van der Waals surface area contributed by atoms with Gasteiger partial charge in [0.2, 0.25) is 5.91 Å². The number of carbonyl (C=O) groups excluding carboxylic acids is 1. The van der Waals surface area contributed by atoms with Crippen LogP contribution in [0.3, 0.4) is 0 Å². The molecule has 0 saturated carbocycles. The first-order chi connectivity index (χ1) is 16.7. The third kappa shape index (κ3) is 5.52. The van der Waals surface area contributed by atoms with Crippen LogP contribution in [0.2, 0.25) is 0 Å². The molecule has 0 fully saturated rings. The number of benzene rings is 2. The highest BCUT2D eigenvalue weighted by atomic mass is 16.1. The molecule has 172 valence electrons. The van der Waals surface area contributed by atoms with Gasteiger partial charge in [0.25, 0.3) is 0 Å². The second-order valence-electron chi connectivity index (χ2n) is 8.51. The molecule has 0 spiro atoms. The summed E-state index contributed by atoms with van der Waals surface area (Å²) in [6.07, 6.45) is 14.5. The topological polar surface area (TPSA) is 46.4 Å². The molecule has 0 radical (unpaired) electrons. The van der Waals surface area contributed by atoms with Crippen molar-refractivity contribution in [2.45, 2.75) is 32.7 Å². The molecular formula is C30H31N3O. The fraction of sp³-hybridized carbons (Fsp3) is 0.200. The zero-order chi connectivity index (χ0) is 23.8. The van der Waals surface area contributed by atoms with Gasteiger partial charge in [-0.3, -0.25) is 9.79 Å². The molecule has 2 atom stereocenters. The molecule has 4 heteroatoms. The zero-order valence-electron chi connectivity index (χ0n) is 19.8. The van der Waals surface area contributed by atoms with E-state index in [2.05, 4.69) is 58.2 Å². The molecule has 0 aliphatic carbocycles. The molecule has 2 heterocycles. The quantitative estimate of drug-likeness (QED) is 0.399. The Balaban J connectivity index is 1.69. The Hall–Kier alpha value is -3.92. The van der Waals surface area contributed by atoms with Gasteiger partial charge in [-0.15, -0.1) is 0 Å². The van der Waals surface area contributed by atoms with Gasteiger partial charge in [-0.1, -0.05) is 60.2 Å². The van der Waals surface area contributed by atoms with Crippen molar-refractivity contribution in [1.82, 2.24) is 9.88 Å². The minimum atomic E-state index is -0.364. The maximum atomic E-state index is 13.8. The molecule has 34 heavy (non-hydrogen) atoms. The molecule has 4 nitrogen and oxygen atoms in total. The van der Waals surface area contributed by atoms with Crippen LogP contribution >= 0.6 is 0 Å². The monoisotopic (exact) mass is 449 g/mol. The Morgan fingerprint density at radius 1 is 1.03 bits per heavy atom. The third-order valence-corrected chi connectivity index (χ3v) is 6.33. The van der Waals surface area contributed by atoms with Gasteiger partial charge < -0.3 is 9.88 Å². The van der Waals surface area contributed by atoms with E-state index in [-0.39, 0.29) is 17.7 Å². The summed E-state index contributed by atoms with van der Waals surface area (Å²) in [5.74, 6) is -0.439. The predicted molar refractivity (Wildman–Crippen MR) is 140 cm³/mol. The van der Waals surface area contributed by atoms with E-state index in [4.69, 9.17) is 0 Å². The van der Waals surface area contributed by atoms with Crippen LogP contribution in [0.25, 0.3) is 5.69 Å². The van der Waals surface area contributed by atoms with Gasteiger partial charge in [-0.25, -0.2) is 0 Å². The van der Waals surface area contributed by atoms with Crippen molar-refractivity contribution in [2.24, 2.45) is 10.9 Å². The Bertz CT molecular complexity index is 1200. The lowest BCUT2D eigenvalue weighted by atomic mass is 9.75. The molecule has 0 bridgehead atoms. The van der Waals surface area contributed by atoms with Gasteiger partial charge in [-0.2, -0.15) is 0 Å². The van der Waals surface area contributed by atoms with Crippen LogP contribution in [0.5, 0.6) is 0 Å². The second kappa shape index (κ2) is 11.3. The highest BCUT2D eigenvalue weighted by molar-refractivity contribution is 5.84. The molecule has 1 aromatic heterocycles. The third-order valence-electron chi connectivity index (χ3n) is 6.33. The molecular weight excluding hydrogens is 418 g/mol. The van der Waals surface area contributed by atoms with Crippen molar-refractivity contribution in [2.75, 3.05) is 0 Å². The summed E-state index contributed by atoms with van der Waals surface area (Å²) < 4.78 is 2.08. The maximum Gasteiger partial charge on any atom is 0.228 e. The number of allylic oxidation sites excluding steroid dienone is 4. The van der Waals surface area contributed by atoms with Gasteiger partial charge in [-0.05, 0) is 67.3 Å². The Kier molecular flexibility index (Phi) is 7.71. The Labute approximate surface area is 202 Å². The van der Waals surface area contributed by atoms with Crippen LogP contribution in [0.1, 0.15) is 37.3 Å². The fourth-order valence-electron chi connectivity index (χ4n) is 4.40. The SMILES string of the molecule is CC=C(C)[C@@H](c1ccc(-n2cccc2)cc1)[C@@H](C(=O)NCc1ccccc1)C1=CN=CC=CC1. The first kappa shape index (κ1) is 23.2. The van der Waals surface area contributed by atoms with E-state index in [1.807, 2.05) is 74.1 Å². The van der Waals surface area contributed by atoms with E-state index < -0.39 is 0 Å². The summed E-state index contributed by atoms with van der Waals surface area (Å²) in [6.45, 7) is 4.64. The van der Waals surface area contributed by atoms with Crippen molar-refractivity contribution < 1.29 is 4.79 Å². The van der Waals surface area contributed by atoms with Crippen LogP contribution in [0.4, 0.5) is 0 Å². The Morgan fingerprint density at radius 2 is 1.76 bits per heavy atom. The second-order valence-corrected chi connectivity index (χ2v) is 8.51. The van der Waals surface area contributed by atoms with Crippen molar-refractivity contribution >= 4 is 12.1 Å². The number of hydrogen-bond acceptors (Lipinski definition) is 2. The minimum absolute atomic E-state index is 0.0151. The zero-order valence-corrected chi connectivity index (χ0v) is 19.8. The van der Waals surface area contributed by atoms with E-state index in [0.717, 1.165) is 28.0 Å². The molecule has 1 aliphatic heterocycles. The van der Waals surface area contributed by atoms with Crippen molar-refractivity contribution in [3.63, 3.8) is 0 Å². The van der Waals surface area contributed by atoms with E-state index in [9.17, 15) is 4.79 Å². The lowest BCUT2D eigenvalue weighted by Crippen LogP contribution is -2.35. The van der Waals surface area contributed by atoms with Crippen molar-refractivity contribution in [1.29, 1.82) is 0 Å². The van der Waals surface area contributed by atoms with Crippen LogP contribution < -0.4 is 5.32 Å². The number of carbonyl (C=O) groups is 1. The lowest BCUT2D eigenvalue weighted by molar-refractivity contribution is -0.124. The summed E-state index contributed by atoms with van der Waals surface area (Å²) in [4.78, 5) is 18.2. The van der Waals surface area contributed by atoms with Crippen molar-refractivity contribution in [3.05, 3.63) is 126 Å². The molecule has 2 aromatic carbocycles. The summed E-state index contributed by atoms with van der Waals surface area (Å²) in [5.41, 5.74) is 5.46. The molecule has 0 saturated heterocycles. The van der Waals surface area contributed by atoms with Gasteiger partial charge in [0.1, 0.15) is 0 Å². The predicted octanol–water partition coefficient (Wildman–Crippen LogP) is 6.37. The highest BCUT2D eigenvalue weighted by Gasteiger charge is 2.33. The van der Waals surface area contributed by atoms with Crippen LogP contribution in [0, 0.1) is 5.92 Å². The number of hydrogen-bond donors (Lipinski definition) is 1. The lowest BCUT2D eigenvalue weighted by Gasteiger charge is -2.29. The van der Waals surface area contributed by atoms with Gasteiger partial charge >= 0.3 is 0 Å². The van der Waals surface area contributed by atoms with Gasteiger partial charge in [0.15, 0.2) is 0 Å². The standard InChI is InChI=1S/C30H31N3O/c1-3-23(2)28(25-14-16-27(17-15-25)33-19-9-10-20-33)29(26-13-7-8-18-31-22-26)30(34)32-21-24-11-5-4-6-12-24/h3-12,14-20,22,28-29H,13,21H2,1-2H3,(H,32,34)/t28-,29-/m0/s1. The first-order valence-corrected chi connectivity index (χ1v) is 11.7. The van der Waals surface area contributed by atoms with Gasteiger partial charge in [0, 0.05) is 43.0 Å². The Morgan fingerprint density at radius 3 is 2.47 bits per heavy atom. The number of aromatic nitrogens is 1. The number of rotatable bonds is 8. The fourth-order valence-corrected chi connectivity index (χ4v) is 4.40. The van der Waals surface area contributed by atoms with Crippen LogP contribution in [0.15, 0.2) is 120 Å². The number of nitrogens with one attached hydrogen (secondary N) is 1. The highest BCUT2D eigenvalue weighted by Crippen LogP contribution is 2.38. The summed E-state index contributed by atoms with van der Waals surface area (Å²) in [7, 11) is 0. The largest absolute Gasteiger partial charge is 0.351 e. The normalized spacial score (nSPS) is 15.4. The van der Waals surface area contributed by atoms with Gasteiger partial charge in [0.05, 0.1) is 5.92 Å². The summed E-state index contributed by atoms with van der Waals surface area (Å²) in [5, 5.41) is 3.19. The van der Waals surface area contributed by atoms with E-state index in [1.165, 1.54) is 0 Å². The van der Waals surface area contributed by atoms with Crippen LogP contribution in [-0.4, -0.2) is 16.7 Å². The summed E-state index contributed by atoms with van der Waals surface area (Å²) >= 11 is 0. The molecule has 0 unspecified atom stereocenters. The van der Waals surface area contributed by atoms with Crippen molar-refractivity contribution in [3.8, 4) is 5.69 Å². The first-order valence-electron chi connectivity index (χ1n) is 11.7. The van der Waals surface area contributed by atoms with E-state index in [1.54, 1.807) is 6.21 Å². The number of nitrogens with zero attached hydrogens (tertiary/aromatic N) is 2. The van der Waals surface area contributed by atoms with E-state index in [0.29, 0.717) is 13.0 Å². The molecule has 3 aromatic rings. The minimum Gasteiger partial charge on any atom is -0.351 e. The van der Waals surface area contributed by atoms with Crippen LogP contribution in [-0.2, 0) is 11.3 Å². The number of aliphatic imine (C=N–C) groups is 1. The average Bonchev–Trinajstić information content (AvgIpc) is 3.29. The summed E-state index contributed by atoms with van der Waals surface area (Å²) in [6, 6.07) is 22.6. The molecule has 1 aliphatic rings. The smallest absolute Gasteiger partial charge is 0.228 e. The van der Waals surface area contributed by atoms with E-state index >= 15 is 0 Å². The molecule has 1 N–H and O–H groups in total. The molecule has 1 amide bonds. The number of amides is 1. The molecule has 4 rings (SSSR count). The average molecular weight is 450 g/mol.